The van der Waals surface area contributed by atoms with E-state index in [2.05, 4.69) is 11.8 Å². The number of benzene rings is 1. The van der Waals surface area contributed by atoms with Crippen LogP contribution in [0.3, 0.4) is 0 Å². The van der Waals surface area contributed by atoms with Gasteiger partial charge in [-0.3, -0.25) is 9.59 Å². The fourth-order valence-electron chi connectivity index (χ4n) is 3.72. The Morgan fingerprint density at radius 1 is 1.18 bits per heavy atom. The normalized spacial score (nSPS) is 19.9. The number of esters is 1. The van der Waals surface area contributed by atoms with E-state index in [1.54, 1.807) is 4.90 Å². The second kappa shape index (κ2) is 9.74. The number of thioether (sulfide) groups is 1. The molecule has 3 rings (SSSR count). The summed E-state index contributed by atoms with van der Waals surface area (Å²) in [6.45, 7) is 5.96. The van der Waals surface area contributed by atoms with Crippen LogP contribution in [0.1, 0.15) is 38.7 Å². The minimum Gasteiger partial charge on any atom is -0.455 e. The summed E-state index contributed by atoms with van der Waals surface area (Å²) in [7, 11) is 0. The lowest BCUT2D eigenvalue weighted by molar-refractivity contribution is -0.145. The molecule has 0 aromatic heterocycles. The molecule has 1 aromatic rings. The zero-order chi connectivity index (χ0) is 20.1. The van der Waals surface area contributed by atoms with Gasteiger partial charge in [0.05, 0.1) is 5.75 Å². The first-order valence-electron chi connectivity index (χ1n) is 9.93. The van der Waals surface area contributed by atoms with Crippen LogP contribution in [0.5, 0.6) is 0 Å². The smallest absolute Gasteiger partial charge is 0.316 e. The molecule has 0 saturated carbocycles. The summed E-state index contributed by atoms with van der Waals surface area (Å²) < 4.78 is 5.99. The third-order valence-corrected chi connectivity index (χ3v) is 7.00. The first-order chi connectivity index (χ1) is 13.5. The SMILES string of the molecule is CC1CCN(C(=S)SCC(=O)OCC(=O)N2c3ccccc3CCC2C)CC1. The van der Waals surface area contributed by atoms with Crippen molar-refractivity contribution in [3.8, 4) is 0 Å². The fraction of sp³-hybridized carbons (Fsp3) is 0.571. The van der Waals surface area contributed by atoms with Crippen molar-refractivity contribution in [3.63, 3.8) is 0 Å². The topological polar surface area (TPSA) is 49.9 Å². The molecule has 5 nitrogen and oxygen atoms in total. The number of carbonyl (C=O) groups excluding carboxylic acids is 2. The van der Waals surface area contributed by atoms with Gasteiger partial charge in [0.1, 0.15) is 4.32 Å². The van der Waals surface area contributed by atoms with Gasteiger partial charge in [0, 0.05) is 24.8 Å². The number of piperidine rings is 1. The number of fused-ring (bicyclic) bond motifs is 1. The zero-order valence-electron chi connectivity index (χ0n) is 16.6. The largest absolute Gasteiger partial charge is 0.455 e. The number of para-hydroxylation sites is 1. The molecular formula is C21H28N2O3S2. The molecule has 0 N–H and O–H groups in total. The van der Waals surface area contributed by atoms with E-state index < -0.39 is 5.97 Å². The van der Waals surface area contributed by atoms with Crippen LogP contribution >= 0.6 is 24.0 Å². The van der Waals surface area contributed by atoms with Crippen LogP contribution in [-0.4, -0.2) is 52.6 Å². The number of amides is 1. The van der Waals surface area contributed by atoms with E-state index in [-0.39, 0.29) is 24.3 Å². The van der Waals surface area contributed by atoms with E-state index >= 15 is 0 Å². The molecule has 0 spiro atoms. The molecule has 2 heterocycles. The van der Waals surface area contributed by atoms with Gasteiger partial charge < -0.3 is 14.5 Å². The van der Waals surface area contributed by atoms with Crippen molar-refractivity contribution in [1.82, 2.24) is 4.90 Å². The van der Waals surface area contributed by atoms with Crippen molar-refractivity contribution in [1.29, 1.82) is 0 Å². The number of hydrogen-bond donors (Lipinski definition) is 0. The molecule has 28 heavy (non-hydrogen) atoms. The van der Waals surface area contributed by atoms with Crippen LogP contribution in [0, 0.1) is 5.92 Å². The van der Waals surface area contributed by atoms with Crippen LogP contribution < -0.4 is 4.90 Å². The minimum atomic E-state index is -0.399. The Bertz CT molecular complexity index is 732. The highest BCUT2D eigenvalue weighted by molar-refractivity contribution is 8.23. The second-order valence-corrected chi connectivity index (χ2v) is 9.27. The summed E-state index contributed by atoms with van der Waals surface area (Å²) in [4.78, 5) is 28.7. The summed E-state index contributed by atoms with van der Waals surface area (Å²) in [5.41, 5.74) is 2.09. The van der Waals surface area contributed by atoms with Crippen molar-refractivity contribution >= 4 is 45.9 Å². The molecule has 1 saturated heterocycles. The Labute approximate surface area is 176 Å². The van der Waals surface area contributed by atoms with Crippen LogP contribution in [0.25, 0.3) is 0 Å². The van der Waals surface area contributed by atoms with Crippen molar-refractivity contribution in [2.24, 2.45) is 5.92 Å². The van der Waals surface area contributed by atoms with Gasteiger partial charge in [0.15, 0.2) is 6.61 Å². The maximum atomic E-state index is 12.7. The molecule has 1 aromatic carbocycles. The molecule has 1 fully saturated rings. The Kier molecular flexibility index (Phi) is 7.35. The molecule has 2 aliphatic rings. The fourth-order valence-corrected chi connectivity index (χ4v) is 4.77. The highest BCUT2D eigenvalue weighted by atomic mass is 32.2. The standard InChI is InChI=1S/C21H28N2O3S2/c1-15-9-11-22(12-10-15)21(27)28-14-20(25)26-13-19(24)23-16(2)7-8-17-5-3-4-6-18(17)23/h3-6,15-16H,7-14H2,1-2H3. The molecular weight excluding hydrogens is 392 g/mol. The number of carbonyl (C=O) groups is 2. The van der Waals surface area contributed by atoms with Gasteiger partial charge in [-0.05, 0) is 50.2 Å². The third kappa shape index (κ3) is 5.26. The molecule has 0 aliphatic carbocycles. The molecule has 0 radical (unpaired) electrons. The first kappa shape index (κ1) is 21.1. The van der Waals surface area contributed by atoms with Crippen LogP contribution in [0.15, 0.2) is 24.3 Å². The molecule has 1 unspecified atom stereocenters. The van der Waals surface area contributed by atoms with Gasteiger partial charge in [-0.15, -0.1) is 0 Å². The van der Waals surface area contributed by atoms with Crippen molar-refractivity contribution in [2.45, 2.75) is 45.6 Å². The Balaban J connectivity index is 1.45. The molecule has 0 bridgehead atoms. The van der Waals surface area contributed by atoms with Crippen LogP contribution in [0.4, 0.5) is 5.69 Å². The second-order valence-electron chi connectivity index (χ2n) is 7.66. The summed E-state index contributed by atoms with van der Waals surface area (Å²) in [5.74, 6) is 0.307. The van der Waals surface area contributed by atoms with Gasteiger partial charge in [-0.1, -0.05) is 49.1 Å². The molecule has 1 atom stereocenters. The number of likely N-dealkylation sites (tertiary alicyclic amines) is 1. The number of thiocarbonyl (C=S) groups is 1. The predicted octanol–water partition coefficient (Wildman–Crippen LogP) is 3.65. The Morgan fingerprint density at radius 3 is 2.64 bits per heavy atom. The average molecular weight is 421 g/mol. The summed E-state index contributed by atoms with van der Waals surface area (Å²) in [6, 6.07) is 8.03. The summed E-state index contributed by atoms with van der Waals surface area (Å²) >= 11 is 6.76. The molecule has 7 heteroatoms. The number of rotatable bonds is 4. The monoisotopic (exact) mass is 420 g/mol. The van der Waals surface area contributed by atoms with Gasteiger partial charge in [0.2, 0.25) is 0 Å². The number of hydrogen-bond acceptors (Lipinski definition) is 5. The lowest BCUT2D eigenvalue weighted by Crippen LogP contribution is -2.44. The van der Waals surface area contributed by atoms with Crippen molar-refractivity contribution in [3.05, 3.63) is 29.8 Å². The number of aryl methyl sites for hydroxylation is 1. The lowest BCUT2D eigenvalue weighted by Gasteiger charge is -2.35. The van der Waals surface area contributed by atoms with Gasteiger partial charge in [-0.2, -0.15) is 0 Å². The molecule has 152 valence electrons. The van der Waals surface area contributed by atoms with Gasteiger partial charge in [-0.25, -0.2) is 0 Å². The van der Waals surface area contributed by atoms with E-state index in [4.69, 9.17) is 17.0 Å². The molecule has 2 aliphatic heterocycles. The number of ether oxygens (including phenoxy) is 1. The highest BCUT2D eigenvalue weighted by Crippen LogP contribution is 2.30. The maximum absolute atomic E-state index is 12.7. The molecule has 1 amide bonds. The van der Waals surface area contributed by atoms with E-state index in [0.717, 1.165) is 60.3 Å². The van der Waals surface area contributed by atoms with Crippen molar-refractivity contribution < 1.29 is 14.3 Å². The van der Waals surface area contributed by atoms with E-state index in [9.17, 15) is 9.59 Å². The number of anilines is 1. The van der Waals surface area contributed by atoms with Crippen LogP contribution in [-0.2, 0) is 20.7 Å². The zero-order valence-corrected chi connectivity index (χ0v) is 18.2. The van der Waals surface area contributed by atoms with Crippen molar-refractivity contribution in [2.75, 3.05) is 30.3 Å². The Hall–Kier alpha value is -1.60. The van der Waals surface area contributed by atoms with E-state index in [0.29, 0.717) is 0 Å². The van der Waals surface area contributed by atoms with Crippen LogP contribution in [0.2, 0.25) is 0 Å². The summed E-state index contributed by atoms with van der Waals surface area (Å²) in [5, 5.41) is 0. The summed E-state index contributed by atoms with van der Waals surface area (Å²) in [6.07, 6.45) is 4.14. The maximum Gasteiger partial charge on any atom is 0.316 e. The average Bonchev–Trinajstić information content (AvgIpc) is 2.70. The Morgan fingerprint density at radius 2 is 1.89 bits per heavy atom. The van der Waals surface area contributed by atoms with E-state index in [1.165, 1.54) is 11.8 Å². The third-order valence-electron chi connectivity index (χ3n) is 5.50. The number of nitrogens with zero attached hydrogens (tertiary/aromatic N) is 2. The van der Waals surface area contributed by atoms with Gasteiger partial charge in [0.25, 0.3) is 5.91 Å². The lowest BCUT2D eigenvalue weighted by atomic mass is 9.96. The predicted molar refractivity (Wildman–Crippen MR) is 118 cm³/mol. The van der Waals surface area contributed by atoms with Gasteiger partial charge >= 0.3 is 5.97 Å². The highest BCUT2D eigenvalue weighted by Gasteiger charge is 2.28. The first-order valence-corrected chi connectivity index (χ1v) is 11.3. The van der Waals surface area contributed by atoms with E-state index in [1.807, 2.05) is 31.2 Å². The minimum absolute atomic E-state index is 0.101. The quantitative estimate of drug-likeness (QED) is 0.547.